The zero-order valence-electron chi connectivity index (χ0n) is 8.95. The van der Waals surface area contributed by atoms with Gasteiger partial charge in [0.05, 0.1) is 0 Å². The Balaban J connectivity index is 2.12. The molecule has 0 bridgehead atoms. The second kappa shape index (κ2) is 3.49. The number of piperidine rings is 1. The number of para-hydroxylation sites is 1. The molecule has 1 aromatic rings. The van der Waals surface area contributed by atoms with Crippen LogP contribution in [0.3, 0.4) is 0 Å². The summed E-state index contributed by atoms with van der Waals surface area (Å²) in [5.41, 5.74) is 1.20. The molecule has 0 saturated carbocycles. The van der Waals surface area contributed by atoms with E-state index < -0.39 is 5.60 Å². The molecule has 2 heterocycles. The lowest BCUT2D eigenvalue weighted by molar-refractivity contribution is -0.153. The molecule has 4 heteroatoms. The van der Waals surface area contributed by atoms with Crippen LogP contribution in [0.1, 0.15) is 18.4 Å². The van der Waals surface area contributed by atoms with Crippen molar-refractivity contribution in [3.8, 4) is 0 Å². The second-order valence-electron chi connectivity index (χ2n) is 4.20. The summed E-state index contributed by atoms with van der Waals surface area (Å²) >= 11 is 0. The summed E-state index contributed by atoms with van der Waals surface area (Å²) in [6.07, 6.45) is 1.72. The normalized spacial score (nSPS) is 28.1. The van der Waals surface area contributed by atoms with Crippen molar-refractivity contribution < 1.29 is 9.53 Å². The largest absolute Gasteiger partial charge is 0.362 e. The maximum absolute atomic E-state index is 12.1. The Morgan fingerprint density at radius 2 is 2.12 bits per heavy atom. The van der Waals surface area contributed by atoms with Gasteiger partial charge in [0.25, 0.3) is 5.91 Å². The summed E-state index contributed by atoms with van der Waals surface area (Å²) in [5.74, 6) is -0.00676. The Kier molecular flexibility index (Phi) is 2.11. The SMILES string of the molecule is O=C1NCCCC12OCNc1ccccc12. The van der Waals surface area contributed by atoms with E-state index in [2.05, 4.69) is 10.6 Å². The monoisotopic (exact) mass is 218 g/mol. The first-order valence-electron chi connectivity index (χ1n) is 5.58. The lowest BCUT2D eigenvalue weighted by atomic mass is 9.84. The Labute approximate surface area is 94.0 Å². The van der Waals surface area contributed by atoms with Gasteiger partial charge in [-0.15, -0.1) is 0 Å². The fourth-order valence-corrected chi connectivity index (χ4v) is 2.49. The summed E-state index contributed by atoms with van der Waals surface area (Å²) in [4.78, 5) is 12.1. The van der Waals surface area contributed by atoms with E-state index in [-0.39, 0.29) is 5.91 Å². The number of amides is 1. The number of benzene rings is 1. The maximum atomic E-state index is 12.1. The minimum absolute atomic E-state index is 0.00676. The highest BCUT2D eigenvalue weighted by Crippen LogP contribution is 2.40. The molecule has 4 nitrogen and oxygen atoms in total. The van der Waals surface area contributed by atoms with Gasteiger partial charge in [0.2, 0.25) is 0 Å². The zero-order chi connectivity index (χ0) is 11.0. The molecule has 1 fully saturated rings. The first-order chi connectivity index (χ1) is 7.83. The van der Waals surface area contributed by atoms with E-state index >= 15 is 0 Å². The molecule has 1 aromatic carbocycles. The number of fused-ring (bicyclic) bond motifs is 2. The van der Waals surface area contributed by atoms with Gasteiger partial charge in [-0.05, 0) is 18.9 Å². The van der Waals surface area contributed by atoms with Gasteiger partial charge in [-0.2, -0.15) is 0 Å². The van der Waals surface area contributed by atoms with Gasteiger partial charge in [0.15, 0.2) is 5.60 Å². The number of hydrogen-bond acceptors (Lipinski definition) is 3. The van der Waals surface area contributed by atoms with E-state index in [1.807, 2.05) is 24.3 Å². The molecule has 1 atom stereocenters. The summed E-state index contributed by atoms with van der Waals surface area (Å²) in [6, 6.07) is 7.86. The van der Waals surface area contributed by atoms with Crippen LogP contribution in [-0.2, 0) is 15.1 Å². The third-order valence-electron chi connectivity index (χ3n) is 3.30. The molecule has 1 unspecified atom stereocenters. The molecule has 2 aliphatic heterocycles. The van der Waals surface area contributed by atoms with Crippen molar-refractivity contribution in [2.45, 2.75) is 18.4 Å². The van der Waals surface area contributed by atoms with Gasteiger partial charge in [-0.25, -0.2) is 0 Å². The molecule has 0 aromatic heterocycles. The highest BCUT2D eigenvalue weighted by Gasteiger charge is 2.46. The van der Waals surface area contributed by atoms with Crippen LogP contribution in [0.2, 0.25) is 0 Å². The summed E-state index contributed by atoms with van der Waals surface area (Å²) in [6.45, 7) is 1.14. The molecular weight excluding hydrogens is 204 g/mol. The van der Waals surface area contributed by atoms with Crippen molar-refractivity contribution in [3.63, 3.8) is 0 Å². The fourth-order valence-electron chi connectivity index (χ4n) is 2.49. The Bertz CT molecular complexity index is 433. The fraction of sp³-hybridized carbons (Fsp3) is 0.417. The van der Waals surface area contributed by atoms with Gasteiger partial charge in [0.1, 0.15) is 6.73 Å². The van der Waals surface area contributed by atoms with E-state index in [1.165, 1.54) is 0 Å². The quantitative estimate of drug-likeness (QED) is 0.687. The van der Waals surface area contributed by atoms with Gasteiger partial charge in [-0.1, -0.05) is 18.2 Å². The molecule has 0 radical (unpaired) electrons. The molecule has 1 saturated heterocycles. The molecule has 2 aliphatic rings. The predicted octanol–water partition coefficient (Wildman–Crippen LogP) is 1.19. The average molecular weight is 218 g/mol. The van der Waals surface area contributed by atoms with Crippen molar-refractivity contribution >= 4 is 11.6 Å². The Hall–Kier alpha value is -1.55. The summed E-state index contributed by atoms with van der Waals surface area (Å²) < 4.78 is 5.72. The van der Waals surface area contributed by atoms with Crippen LogP contribution in [0.4, 0.5) is 5.69 Å². The second-order valence-corrected chi connectivity index (χ2v) is 4.20. The molecule has 2 N–H and O–H groups in total. The third-order valence-corrected chi connectivity index (χ3v) is 3.30. The van der Waals surface area contributed by atoms with E-state index in [0.29, 0.717) is 6.73 Å². The minimum Gasteiger partial charge on any atom is -0.362 e. The Morgan fingerprint density at radius 3 is 3.00 bits per heavy atom. The van der Waals surface area contributed by atoms with Crippen molar-refractivity contribution in [3.05, 3.63) is 29.8 Å². The molecule has 16 heavy (non-hydrogen) atoms. The number of ether oxygens (including phenoxy) is 1. The smallest absolute Gasteiger partial charge is 0.257 e. The predicted molar refractivity (Wildman–Crippen MR) is 59.9 cm³/mol. The average Bonchev–Trinajstić information content (AvgIpc) is 2.34. The highest BCUT2D eigenvalue weighted by molar-refractivity contribution is 5.89. The van der Waals surface area contributed by atoms with Crippen LogP contribution < -0.4 is 10.6 Å². The van der Waals surface area contributed by atoms with E-state index in [0.717, 1.165) is 30.6 Å². The summed E-state index contributed by atoms with van der Waals surface area (Å²) in [5, 5.41) is 6.04. The molecule has 3 rings (SSSR count). The van der Waals surface area contributed by atoms with E-state index in [4.69, 9.17) is 4.74 Å². The van der Waals surface area contributed by atoms with Crippen LogP contribution in [0.15, 0.2) is 24.3 Å². The molecule has 1 amide bonds. The van der Waals surface area contributed by atoms with Crippen molar-refractivity contribution in [2.75, 3.05) is 18.6 Å². The van der Waals surface area contributed by atoms with Crippen molar-refractivity contribution in [1.82, 2.24) is 5.32 Å². The van der Waals surface area contributed by atoms with Crippen LogP contribution in [-0.4, -0.2) is 19.2 Å². The molecule has 1 spiro atoms. The summed E-state index contributed by atoms with van der Waals surface area (Å²) in [7, 11) is 0. The molecular formula is C12H14N2O2. The van der Waals surface area contributed by atoms with Crippen LogP contribution >= 0.6 is 0 Å². The lowest BCUT2D eigenvalue weighted by Gasteiger charge is -2.40. The van der Waals surface area contributed by atoms with Crippen molar-refractivity contribution in [2.24, 2.45) is 0 Å². The zero-order valence-corrected chi connectivity index (χ0v) is 8.95. The van der Waals surface area contributed by atoms with Gasteiger partial charge >= 0.3 is 0 Å². The number of rotatable bonds is 0. The molecule has 84 valence electrons. The van der Waals surface area contributed by atoms with Gasteiger partial charge in [-0.3, -0.25) is 4.79 Å². The first-order valence-corrected chi connectivity index (χ1v) is 5.58. The number of anilines is 1. The number of nitrogens with one attached hydrogen (secondary N) is 2. The number of carbonyl (C=O) groups is 1. The van der Waals surface area contributed by atoms with Gasteiger partial charge in [0, 0.05) is 17.8 Å². The standard InChI is InChI=1S/C12H14N2O2/c15-11-12(6-3-7-13-11)9-4-1-2-5-10(9)14-8-16-12/h1-2,4-5,14H,3,6-8H2,(H,13,15). The first kappa shape index (κ1) is 9.66. The highest BCUT2D eigenvalue weighted by atomic mass is 16.5. The Morgan fingerprint density at radius 1 is 1.25 bits per heavy atom. The van der Waals surface area contributed by atoms with Crippen LogP contribution in [0.25, 0.3) is 0 Å². The number of carbonyl (C=O) groups excluding carboxylic acids is 1. The van der Waals surface area contributed by atoms with Crippen LogP contribution in [0.5, 0.6) is 0 Å². The van der Waals surface area contributed by atoms with E-state index in [1.54, 1.807) is 0 Å². The maximum Gasteiger partial charge on any atom is 0.257 e. The third kappa shape index (κ3) is 1.23. The van der Waals surface area contributed by atoms with E-state index in [9.17, 15) is 4.79 Å². The van der Waals surface area contributed by atoms with Crippen LogP contribution in [0, 0.1) is 0 Å². The molecule has 0 aliphatic carbocycles. The number of hydrogen-bond donors (Lipinski definition) is 2. The lowest BCUT2D eigenvalue weighted by Crippen LogP contribution is -2.53. The van der Waals surface area contributed by atoms with Gasteiger partial charge < -0.3 is 15.4 Å². The minimum atomic E-state index is -0.764. The topological polar surface area (TPSA) is 50.4 Å². The van der Waals surface area contributed by atoms with Crippen molar-refractivity contribution in [1.29, 1.82) is 0 Å².